The zero-order chi connectivity index (χ0) is 30.8. The van der Waals surface area contributed by atoms with Gasteiger partial charge in [-0.15, -0.1) is 0 Å². The van der Waals surface area contributed by atoms with Crippen LogP contribution >= 0.6 is 0 Å². The van der Waals surface area contributed by atoms with Gasteiger partial charge in [0.15, 0.2) is 18.2 Å². The lowest BCUT2D eigenvalue weighted by atomic mass is 9.82. The largest absolute Gasteiger partial charge is 0.394 e. The van der Waals surface area contributed by atoms with E-state index in [0.717, 1.165) is 0 Å². The van der Waals surface area contributed by atoms with E-state index in [2.05, 4.69) is 10.6 Å². The molecule has 13 atom stereocenters. The fraction of sp³-hybridized carbons (Fsp3) is 0.962. The molecular weight excluding hydrogens is 558 g/mol. The minimum Gasteiger partial charge on any atom is -0.394 e. The van der Waals surface area contributed by atoms with E-state index >= 15 is 0 Å². The number of aliphatic hydroxyl groups is 6. The summed E-state index contributed by atoms with van der Waals surface area (Å²) in [5.41, 5.74) is 9.99. The van der Waals surface area contributed by atoms with Gasteiger partial charge in [0.2, 0.25) is 0 Å². The van der Waals surface area contributed by atoms with Crippen LogP contribution in [0.3, 0.4) is 0 Å². The van der Waals surface area contributed by atoms with E-state index in [4.69, 9.17) is 45.7 Å². The highest BCUT2D eigenvalue weighted by Gasteiger charge is 2.52. The lowest BCUT2D eigenvalue weighted by molar-refractivity contribution is -0.313. The topological polar surface area (TPSA) is 267 Å². The monoisotopic (exact) mass is 607 g/mol. The van der Waals surface area contributed by atoms with Gasteiger partial charge < -0.3 is 76.4 Å². The minimum absolute atomic E-state index is 0.0552. The van der Waals surface area contributed by atoms with Crippen molar-refractivity contribution in [2.24, 2.45) is 17.4 Å². The van der Waals surface area contributed by atoms with Crippen LogP contribution in [0.4, 0.5) is 0 Å². The fourth-order valence-electron chi connectivity index (χ4n) is 5.64. The van der Waals surface area contributed by atoms with Crippen molar-refractivity contribution in [1.82, 2.24) is 10.6 Å². The number of hydrogen-bond donors (Lipinski definition) is 11. The summed E-state index contributed by atoms with van der Waals surface area (Å²) in [7, 11) is 0. The first-order valence-corrected chi connectivity index (χ1v) is 14.6. The van der Waals surface area contributed by atoms with Crippen LogP contribution in [-0.2, 0) is 23.7 Å². The molecule has 42 heavy (non-hydrogen) atoms. The number of amidine groups is 1. The van der Waals surface area contributed by atoms with Crippen molar-refractivity contribution in [2.75, 3.05) is 39.5 Å². The molecular formula is C26H49N5O11. The van der Waals surface area contributed by atoms with E-state index in [1.807, 2.05) is 0 Å². The number of rotatable bonds is 11. The van der Waals surface area contributed by atoms with E-state index in [1.165, 1.54) is 0 Å². The summed E-state index contributed by atoms with van der Waals surface area (Å²) < 4.78 is 29.1. The number of nitrogens with two attached hydrogens (primary N) is 2. The zero-order valence-corrected chi connectivity index (χ0v) is 24.2. The standard InChI is InChI=1S/C26H49N5O11/c1-12-18(34)23(39-9-25(12,2)36)42-21-17(31-24(29)26(37)10-38-11-26)5-16(28)20(19(21)35)41-22-15(27)4-3-14(40-22)7-30-6-13(33)8-32/h12-23,30,32-37H,3-11,27-28H2,1-2H3,(H2,29,31)/t12-,13?,14+,15?,16+,17-,18?,19?,20?,21?,22-,23-,25?/m1/s1. The van der Waals surface area contributed by atoms with Crippen LogP contribution in [0.5, 0.6) is 0 Å². The number of aliphatic hydroxyl groups excluding tert-OH is 4. The highest BCUT2D eigenvalue weighted by Crippen LogP contribution is 2.34. The van der Waals surface area contributed by atoms with Crippen molar-refractivity contribution >= 4 is 5.84 Å². The molecule has 0 radical (unpaired) electrons. The predicted octanol–water partition coefficient (Wildman–Crippen LogP) is -4.58. The Kier molecular flexibility index (Phi) is 11.2. The summed E-state index contributed by atoms with van der Waals surface area (Å²) in [6, 6.07) is -2.05. The average molecular weight is 608 g/mol. The van der Waals surface area contributed by atoms with Crippen LogP contribution in [0.15, 0.2) is 0 Å². The van der Waals surface area contributed by atoms with Gasteiger partial charge in [-0.3, -0.25) is 5.41 Å². The highest BCUT2D eigenvalue weighted by atomic mass is 16.7. The summed E-state index contributed by atoms with van der Waals surface area (Å²) in [6.07, 6.45) is -6.72. The molecule has 3 heterocycles. The second kappa shape index (κ2) is 13.9. The van der Waals surface area contributed by atoms with Crippen molar-refractivity contribution in [1.29, 1.82) is 5.41 Å². The molecule has 0 aromatic rings. The van der Waals surface area contributed by atoms with E-state index in [-0.39, 0.29) is 51.3 Å². The summed E-state index contributed by atoms with van der Waals surface area (Å²) >= 11 is 0. The lowest BCUT2D eigenvalue weighted by Crippen LogP contribution is -2.70. The number of ether oxygens (including phenoxy) is 5. The van der Waals surface area contributed by atoms with E-state index in [0.29, 0.717) is 19.4 Å². The quantitative estimate of drug-likeness (QED) is 0.0779. The molecule has 244 valence electrons. The van der Waals surface area contributed by atoms with Crippen LogP contribution in [0.2, 0.25) is 0 Å². The van der Waals surface area contributed by atoms with Gasteiger partial charge in [-0.2, -0.15) is 0 Å². The molecule has 3 aliphatic heterocycles. The molecule has 4 rings (SSSR count). The molecule has 16 nitrogen and oxygen atoms in total. The van der Waals surface area contributed by atoms with Gasteiger partial charge >= 0.3 is 0 Å². The smallest absolute Gasteiger partial charge is 0.184 e. The molecule has 0 aromatic heterocycles. The second-order valence-corrected chi connectivity index (χ2v) is 12.4. The molecule has 1 aliphatic carbocycles. The Hall–Kier alpha value is -1.09. The normalized spacial score (nSPS) is 44.7. The molecule has 3 saturated heterocycles. The molecule has 1 saturated carbocycles. The second-order valence-electron chi connectivity index (χ2n) is 12.4. The fourth-order valence-corrected chi connectivity index (χ4v) is 5.64. The maximum absolute atomic E-state index is 11.6. The van der Waals surface area contributed by atoms with Gasteiger partial charge in [-0.1, -0.05) is 6.92 Å². The van der Waals surface area contributed by atoms with Crippen molar-refractivity contribution in [3.8, 4) is 0 Å². The van der Waals surface area contributed by atoms with Crippen LogP contribution in [0.25, 0.3) is 0 Å². The number of hydrogen-bond acceptors (Lipinski definition) is 15. The van der Waals surface area contributed by atoms with Crippen LogP contribution in [0, 0.1) is 11.3 Å². The van der Waals surface area contributed by atoms with Gasteiger partial charge in [0, 0.05) is 25.0 Å². The first-order valence-electron chi connectivity index (χ1n) is 14.6. The molecule has 0 bridgehead atoms. The van der Waals surface area contributed by atoms with Gasteiger partial charge in [-0.25, -0.2) is 0 Å². The Labute approximate surface area is 245 Å². The van der Waals surface area contributed by atoms with E-state index in [9.17, 15) is 25.5 Å². The molecule has 0 aromatic carbocycles. The van der Waals surface area contributed by atoms with Crippen LogP contribution in [0.1, 0.15) is 33.1 Å². The third-order valence-electron chi connectivity index (χ3n) is 8.85. The lowest BCUT2D eigenvalue weighted by Gasteiger charge is -2.49. The van der Waals surface area contributed by atoms with Crippen molar-refractivity contribution < 1.29 is 54.3 Å². The van der Waals surface area contributed by atoms with Crippen LogP contribution in [-0.4, -0.2) is 155 Å². The molecule has 4 fully saturated rings. The third kappa shape index (κ3) is 7.58. The average Bonchev–Trinajstić information content (AvgIpc) is 2.93. The summed E-state index contributed by atoms with van der Waals surface area (Å²) in [4.78, 5) is 0. The van der Waals surface area contributed by atoms with Crippen molar-refractivity contribution in [2.45, 2.75) is 112 Å². The van der Waals surface area contributed by atoms with E-state index in [1.54, 1.807) is 13.8 Å². The molecule has 4 aliphatic rings. The molecule has 7 unspecified atom stereocenters. The minimum atomic E-state index is -1.50. The van der Waals surface area contributed by atoms with Crippen molar-refractivity contribution in [3.63, 3.8) is 0 Å². The van der Waals surface area contributed by atoms with Crippen molar-refractivity contribution in [3.05, 3.63) is 0 Å². The maximum atomic E-state index is 11.6. The van der Waals surface area contributed by atoms with Gasteiger partial charge in [0.25, 0.3) is 0 Å². The first kappa shape index (κ1) is 33.8. The Morgan fingerprint density at radius 1 is 1.05 bits per heavy atom. The summed E-state index contributed by atoms with van der Waals surface area (Å²) in [6.45, 7) is 3.20. The van der Waals surface area contributed by atoms with Gasteiger partial charge in [-0.05, 0) is 26.2 Å². The third-order valence-corrected chi connectivity index (χ3v) is 8.85. The molecule has 16 heteroatoms. The predicted molar refractivity (Wildman–Crippen MR) is 146 cm³/mol. The maximum Gasteiger partial charge on any atom is 0.184 e. The Morgan fingerprint density at radius 2 is 1.74 bits per heavy atom. The van der Waals surface area contributed by atoms with Gasteiger partial charge in [0.05, 0.1) is 56.3 Å². The van der Waals surface area contributed by atoms with Crippen LogP contribution < -0.4 is 22.1 Å². The highest BCUT2D eigenvalue weighted by molar-refractivity contribution is 5.89. The molecule has 0 spiro atoms. The SMILES string of the molecule is C[C@@H]1C(O)[C@@H](OC2C(O)C(O[C@H]3O[C@H](CNCC(O)CO)CCC3N)[C@@H](N)C[C@H]2NC(=N)C2(O)COC2)OCC1(C)O. The Balaban J connectivity index is 1.46. The first-order chi connectivity index (χ1) is 19.8. The van der Waals surface area contributed by atoms with Gasteiger partial charge in [0.1, 0.15) is 30.3 Å². The molecule has 0 amide bonds. The number of nitrogens with one attached hydrogen (secondary N) is 3. The molecule has 13 N–H and O–H groups in total. The summed E-state index contributed by atoms with van der Waals surface area (Å²) in [5, 5.41) is 76.5. The van der Waals surface area contributed by atoms with E-state index < -0.39 is 78.3 Å². The Morgan fingerprint density at radius 3 is 2.38 bits per heavy atom. The zero-order valence-electron chi connectivity index (χ0n) is 24.2. The summed E-state index contributed by atoms with van der Waals surface area (Å²) in [5.74, 6) is -0.826. The Bertz CT molecular complexity index is 899.